The predicted molar refractivity (Wildman–Crippen MR) is 66.0 cm³/mol. The molecule has 19 heavy (non-hydrogen) atoms. The van der Waals surface area contributed by atoms with Crippen LogP contribution in [0.1, 0.15) is 19.3 Å². The van der Waals surface area contributed by atoms with Gasteiger partial charge >= 0.3 is 11.9 Å². The lowest BCUT2D eigenvalue weighted by atomic mass is 9.76. The summed E-state index contributed by atoms with van der Waals surface area (Å²) < 4.78 is 9.62. The number of methoxy groups -OCH3 is 2. The van der Waals surface area contributed by atoms with Gasteiger partial charge in [0, 0.05) is 12.3 Å². The third-order valence-electron chi connectivity index (χ3n) is 4.56. The number of ketones is 1. The Bertz CT molecular complexity index is 423. The first kappa shape index (κ1) is 13.8. The minimum absolute atomic E-state index is 0.101. The maximum atomic E-state index is 12.2. The van der Waals surface area contributed by atoms with Gasteiger partial charge in [0.25, 0.3) is 0 Å². The van der Waals surface area contributed by atoms with E-state index in [-0.39, 0.29) is 30.0 Å². The average Bonchev–Trinajstić information content (AvgIpc) is 2.97. The highest BCUT2D eigenvalue weighted by Crippen LogP contribution is 2.57. The predicted octanol–water partition coefficient (Wildman–Crippen LogP) is 1.12. The second kappa shape index (κ2) is 4.79. The van der Waals surface area contributed by atoms with Crippen molar-refractivity contribution in [1.29, 1.82) is 0 Å². The monoisotopic (exact) mass is 266 g/mol. The highest BCUT2D eigenvalue weighted by Gasteiger charge is 2.66. The second-order valence-electron chi connectivity index (χ2n) is 5.20. The molecule has 0 radical (unpaired) electrons. The molecule has 3 atom stereocenters. The standard InChI is InChI=1S/C14H18O5/c1-4-8-7-14(12(16)18-2,13(17)19-3)9-5-6-10(15)11(8)9/h4,8-9,11H,1,5-7H2,2-3H3/t8-,9+,11+/m1/s1. The van der Waals surface area contributed by atoms with E-state index in [9.17, 15) is 14.4 Å². The number of hydrogen-bond acceptors (Lipinski definition) is 5. The van der Waals surface area contributed by atoms with Crippen molar-refractivity contribution in [2.24, 2.45) is 23.2 Å². The molecule has 5 heteroatoms. The van der Waals surface area contributed by atoms with Crippen LogP contribution in [0, 0.1) is 23.2 Å². The van der Waals surface area contributed by atoms with Gasteiger partial charge in [-0.2, -0.15) is 0 Å². The Balaban J connectivity index is 2.50. The van der Waals surface area contributed by atoms with E-state index >= 15 is 0 Å². The maximum absolute atomic E-state index is 12.2. The molecule has 2 fully saturated rings. The van der Waals surface area contributed by atoms with E-state index in [1.165, 1.54) is 14.2 Å². The van der Waals surface area contributed by atoms with Gasteiger partial charge in [-0.05, 0) is 24.7 Å². The van der Waals surface area contributed by atoms with Gasteiger partial charge in [0.15, 0.2) is 5.41 Å². The summed E-state index contributed by atoms with van der Waals surface area (Å²) in [5.41, 5.74) is -1.35. The lowest BCUT2D eigenvalue weighted by Crippen LogP contribution is -2.44. The molecule has 0 amide bonds. The zero-order chi connectivity index (χ0) is 14.2. The number of carbonyl (C=O) groups is 3. The van der Waals surface area contributed by atoms with Gasteiger partial charge in [-0.3, -0.25) is 14.4 Å². The molecule has 2 aliphatic carbocycles. The maximum Gasteiger partial charge on any atom is 0.323 e. The SMILES string of the molecule is C=C[C@@H]1CC(C(=O)OC)(C(=O)OC)[C@H]2CCC(=O)[C@@H]12. The van der Waals surface area contributed by atoms with Crippen molar-refractivity contribution in [1.82, 2.24) is 0 Å². The Labute approximate surface area is 111 Å². The quantitative estimate of drug-likeness (QED) is 0.435. The Morgan fingerprint density at radius 2 is 1.89 bits per heavy atom. The Morgan fingerprint density at radius 3 is 2.37 bits per heavy atom. The fraction of sp³-hybridized carbons (Fsp3) is 0.643. The molecule has 0 N–H and O–H groups in total. The van der Waals surface area contributed by atoms with E-state index in [0.717, 1.165) is 0 Å². The average molecular weight is 266 g/mol. The smallest absolute Gasteiger partial charge is 0.323 e. The van der Waals surface area contributed by atoms with Crippen LogP contribution in [-0.4, -0.2) is 31.9 Å². The normalized spacial score (nSPS) is 31.7. The number of rotatable bonds is 3. The van der Waals surface area contributed by atoms with E-state index in [2.05, 4.69) is 6.58 Å². The van der Waals surface area contributed by atoms with Crippen LogP contribution in [0.2, 0.25) is 0 Å². The molecular formula is C14H18O5. The molecular weight excluding hydrogens is 248 g/mol. The summed E-state index contributed by atoms with van der Waals surface area (Å²) in [6.07, 6.45) is 2.83. The Hall–Kier alpha value is -1.65. The molecule has 0 heterocycles. The number of fused-ring (bicyclic) bond motifs is 1. The van der Waals surface area contributed by atoms with Gasteiger partial charge in [0.2, 0.25) is 0 Å². The zero-order valence-corrected chi connectivity index (χ0v) is 11.2. The first-order valence-corrected chi connectivity index (χ1v) is 6.35. The van der Waals surface area contributed by atoms with E-state index in [4.69, 9.17) is 9.47 Å². The molecule has 0 saturated heterocycles. The van der Waals surface area contributed by atoms with E-state index < -0.39 is 17.4 Å². The van der Waals surface area contributed by atoms with E-state index in [1.54, 1.807) is 6.08 Å². The molecule has 2 rings (SSSR count). The van der Waals surface area contributed by atoms with Crippen LogP contribution >= 0.6 is 0 Å². The Kier molecular flexibility index (Phi) is 3.47. The van der Waals surface area contributed by atoms with Crippen LogP contribution < -0.4 is 0 Å². The van der Waals surface area contributed by atoms with Crippen molar-refractivity contribution >= 4 is 17.7 Å². The van der Waals surface area contributed by atoms with Gasteiger partial charge in [-0.15, -0.1) is 6.58 Å². The lowest BCUT2D eigenvalue weighted by molar-refractivity contribution is -0.172. The molecule has 0 spiro atoms. The fourth-order valence-corrected chi connectivity index (χ4v) is 3.76. The molecule has 104 valence electrons. The number of allylic oxidation sites excluding steroid dienone is 1. The van der Waals surface area contributed by atoms with E-state index in [1.807, 2.05) is 0 Å². The van der Waals surface area contributed by atoms with Crippen molar-refractivity contribution in [3.63, 3.8) is 0 Å². The van der Waals surface area contributed by atoms with Crippen LogP contribution in [0.25, 0.3) is 0 Å². The molecule has 0 unspecified atom stereocenters. The van der Waals surface area contributed by atoms with Crippen LogP contribution in [0.15, 0.2) is 12.7 Å². The van der Waals surface area contributed by atoms with Crippen molar-refractivity contribution in [3.8, 4) is 0 Å². The topological polar surface area (TPSA) is 69.7 Å². The summed E-state index contributed by atoms with van der Waals surface area (Å²) in [5, 5.41) is 0. The largest absolute Gasteiger partial charge is 0.468 e. The number of Topliss-reactive ketones (excluding diaryl/α,β-unsaturated/α-hetero) is 1. The fourth-order valence-electron chi connectivity index (χ4n) is 3.76. The summed E-state index contributed by atoms with van der Waals surface area (Å²) in [7, 11) is 2.50. The zero-order valence-electron chi connectivity index (χ0n) is 11.2. The minimum Gasteiger partial charge on any atom is -0.468 e. The lowest BCUT2D eigenvalue weighted by Gasteiger charge is -2.28. The van der Waals surface area contributed by atoms with Crippen molar-refractivity contribution in [2.75, 3.05) is 14.2 Å². The highest BCUT2D eigenvalue weighted by atomic mass is 16.5. The Morgan fingerprint density at radius 1 is 1.32 bits per heavy atom. The van der Waals surface area contributed by atoms with Gasteiger partial charge < -0.3 is 9.47 Å². The van der Waals surface area contributed by atoms with Gasteiger partial charge in [-0.1, -0.05) is 6.08 Å². The minimum atomic E-state index is -1.35. The second-order valence-corrected chi connectivity index (χ2v) is 5.20. The number of carbonyl (C=O) groups excluding carboxylic acids is 3. The number of hydrogen-bond donors (Lipinski definition) is 0. The van der Waals surface area contributed by atoms with Crippen molar-refractivity contribution in [2.45, 2.75) is 19.3 Å². The van der Waals surface area contributed by atoms with Crippen LogP contribution in [0.4, 0.5) is 0 Å². The van der Waals surface area contributed by atoms with Gasteiger partial charge in [0.1, 0.15) is 5.78 Å². The third-order valence-corrected chi connectivity index (χ3v) is 4.56. The molecule has 0 aromatic carbocycles. The summed E-state index contributed by atoms with van der Waals surface area (Å²) in [5.74, 6) is -1.91. The molecule has 2 aliphatic rings. The molecule has 0 aromatic heterocycles. The summed E-state index contributed by atoms with van der Waals surface area (Å²) in [6, 6.07) is 0. The molecule has 0 aromatic rings. The number of esters is 2. The summed E-state index contributed by atoms with van der Waals surface area (Å²) >= 11 is 0. The van der Waals surface area contributed by atoms with E-state index in [0.29, 0.717) is 12.8 Å². The first-order valence-electron chi connectivity index (χ1n) is 6.35. The van der Waals surface area contributed by atoms with Crippen molar-refractivity contribution in [3.05, 3.63) is 12.7 Å². The summed E-state index contributed by atoms with van der Waals surface area (Å²) in [6.45, 7) is 3.72. The molecule has 0 bridgehead atoms. The van der Waals surface area contributed by atoms with Gasteiger partial charge in [-0.25, -0.2) is 0 Å². The van der Waals surface area contributed by atoms with Crippen molar-refractivity contribution < 1.29 is 23.9 Å². The van der Waals surface area contributed by atoms with Crippen LogP contribution in [0.3, 0.4) is 0 Å². The molecule has 2 saturated carbocycles. The first-order chi connectivity index (χ1) is 9.02. The number of ether oxygens (including phenoxy) is 2. The molecule has 5 nitrogen and oxygen atoms in total. The summed E-state index contributed by atoms with van der Waals surface area (Å²) in [4.78, 5) is 36.3. The highest BCUT2D eigenvalue weighted by molar-refractivity contribution is 6.03. The van der Waals surface area contributed by atoms with Crippen LogP contribution in [-0.2, 0) is 23.9 Å². The molecule has 0 aliphatic heterocycles. The third kappa shape index (κ3) is 1.71. The van der Waals surface area contributed by atoms with Crippen LogP contribution in [0.5, 0.6) is 0 Å². The van der Waals surface area contributed by atoms with Gasteiger partial charge in [0.05, 0.1) is 14.2 Å².